The van der Waals surface area contributed by atoms with E-state index in [0.717, 1.165) is 19.4 Å². The van der Waals surface area contributed by atoms with E-state index < -0.39 is 0 Å². The lowest BCUT2D eigenvalue weighted by atomic mass is 9.93. The van der Waals surface area contributed by atoms with Gasteiger partial charge in [0.2, 0.25) is 0 Å². The third-order valence-electron chi connectivity index (χ3n) is 4.81. The summed E-state index contributed by atoms with van der Waals surface area (Å²) in [4.78, 5) is 2.69. The predicted molar refractivity (Wildman–Crippen MR) is 75.7 cm³/mol. The van der Waals surface area contributed by atoms with Crippen molar-refractivity contribution in [2.24, 2.45) is 5.73 Å². The molecule has 3 rings (SSSR count). The van der Waals surface area contributed by atoms with E-state index in [2.05, 4.69) is 29.2 Å². The Kier molecular flexibility index (Phi) is 3.40. The Bertz CT molecular complexity index is 380. The molecule has 0 amide bonds. The van der Waals surface area contributed by atoms with Gasteiger partial charge in [-0.1, -0.05) is 37.1 Å². The van der Waals surface area contributed by atoms with Crippen molar-refractivity contribution in [1.82, 2.24) is 4.90 Å². The van der Waals surface area contributed by atoms with Gasteiger partial charge in [0.15, 0.2) is 0 Å². The Hall–Kier alpha value is -0.860. The minimum absolute atomic E-state index is 0.216. The van der Waals surface area contributed by atoms with Crippen LogP contribution in [-0.4, -0.2) is 30.1 Å². The van der Waals surface area contributed by atoms with Crippen molar-refractivity contribution in [2.75, 3.05) is 19.6 Å². The van der Waals surface area contributed by atoms with E-state index in [1.807, 2.05) is 0 Å². The van der Waals surface area contributed by atoms with Crippen LogP contribution in [-0.2, 0) is 12.8 Å². The van der Waals surface area contributed by atoms with Crippen molar-refractivity contribution in [1.29, 1.82) is 0 Å². The van der Waals surface area contributed by atoms with Crippen molar-refractivity contribution < 1.29 is 0 Å². The van der Waals surface area contributed by atoms with Crippen LogP contribution in [0.15, 0.2) is 24.3 Å². The second-order valence-corrected chi connectivity index (χ2v) is 5.95. The lowest BCUT2D eigenvalue weighted by Gasteiger charge is -2.40. The molecular weight excluding hydrogens is 220 g/mol. The lowest BCUT2D eigenvalue weighted by molar-refractivity contribution is 0.107. The Balaban J connectivity index is 1.84. The van der Waals surface area contributed by atoms with Gasteiger partial charge in [0.1, 0.15) is 0 Å². The topological polar surface area (TPSA) is 29.3 Å². The van der Waals surface area contributed by atoms with Gasteiger partial charge in [-0.2, -0.15) is 0 Å². The van der Waals surface area contributed by atoms with Crippen LogP contribution in [0.1, 0.15) is 36.8 Å². The molecule has 0 saturated carbocycles. The molecule has 98 valence electrons. The van der Waals surface area contributed by atoms with Crippen molar-refractivity contribution in [3.63, 3.8) is 0 Å². The van der Waals surface area contributed by atoms with Crippen molar-refractivity contribution in [2.45, 2.75) is 44.1 Å². The summed E-state index contributed by atoms with van der Waals surface area (Å²) in [6.45, 7) is 3.28. The largest absolute Gasteiger partial charge is 0.329 e. The van der Waals surface area contributed by atoms with E-state index in [9.17, 15) is 0 Å². The second-order valence-electron chi connectivity index (χ2n) is 5.95. The van der Waals surface area contributed by atoms with Gasteiger partial charge in [-0.05, 0) is 49.9 Å². The maximum atomic E-state index is 6.19. The third kappa shape index (κ3) is 2.08. The summed E-state index contributed by atoms with van der Waals surface area (Å²) >= 11 is 0. The molecule has 1 aromatic rings. The zero-order valence-electron chi connectivity index (χ0n) is 11.2. The summed E-state index contributed by atoms with van der Waals surface area (Å²) < 4.78 is 0. The fourth-order valence-corrected chi connectivity index (χ4v) is 3.72. The van der Waals surface area contributed by atoms with Gasteiger partial charge in [0.25, 0.3) is 0 Å². The van der Waals surface area contributed by atoms with Crippen LogP contribution in [0.4, 0.5) is 0 Å². The first-order valence-electron chi connectivity index (χ1n) is 7.36. The summed E-state index contributed by atoms with van der Waals surface area (Å²) in [6, 6.07) is 8.89. The van der Waals surface area contributed by atoms with Crippen molar-refractivity contribution >= 4 is 0 Å². The average molecular weight is 244 g/mol. The third-order valence-corrected chi connectivity index (χ3v) is 4.81. The summed E-state index contributed by atoms with van der Waals surface area (Å²) in [5.41, 5.74) is 9.45. The van der Waals surface area contributed by atoms with Gasteiger partial charge in [-0.3, -0.25) is 4.90 Å². The smallest absolute Gasteiger partial charge is 0.0412 e. The van der Waals surface area contributed by atoms with Crippen LogP contribution in [0.2, 0.25) is 0 Å². The number of fused-ring (bicyclic) bond motifs is 1. The maximum Gasteiger partial charge on any atom is 0.0412 e. The van der Waals surface area contributed by atoms with E-state index in [-0.39, 0.29) is 5.54 Å². The molecule has 0 radical (unpaired) electrons. The highest BCUT2D eigenvalue weighted by Crippen LogP contribution is 2.35. The number of rotatable bonds is 2. The number of hydrogen-bond donors (Lipinski definition) is 1. The number of likely N-dealkylation sites (tertiary alicyclic amines) is 1. The predicted octanol–water partition coefficient (Wildman–Crippen LogP) is 2.36. The number of nitrogens with zero attached hydrogens (tertiary/aromatic N) is 1. The van der Waals surface area contributed by atoms with E-state index in [1.54, 1.807) is 0 Å². The molecular formula is C16H24N2. The molecule has 2 nitrogen and oxygen atoms in total. The molecule has 0 unspecified atom stereocenters. The molecule has 1 fully saturated rings. The van der Waals surface area contributed by atoms with Crippen LogP contribution >= 0.6 is 0 Å². The van der Waals surface area contributed by atoms with E-state index in [1.165, 1.54) is 49.9 Å². The van der Waals surface area contributed by atoms with E-state index in [0.29, 0.717) is 0 Å². The minimum atomic E-state index is 0.216. The van der Waals surface area contributed by atoms with Gasteiger partial charge in [-0.25, -0.2) is 0 Å². The SMILES string of the molecule is NCC1(N2CCCCCC2)Cc2ccccc2C1. The summed E-state index contributed by atoms with van der Waals surface area (Å²) in [5.74, 6) is 0. The monoisotopic (exact) mass is 244 g/mol. The number of hydrogen-bond acceptors (Lipinski definition) is 2. The van der Waals surface area contributed by atoms with Crippen LogP contribution in [0.25, 0.3) is 0 Å². The summed E-state index contributed by atoms with van der Waals surface area (Å²) in [5, 5.41) is 0. The quantitative estimate of drug-likeness (QED) is 0.865. The fraction of sp³-hybridized carbons (Fsp3) is 0.625. The van der Waals surface area contributed by atoms with Crippen molar-refractivity contribution in [3.8, 4) is 0 Å². The van der Waals surface area contributed by atoms with Crippen LogP contribution in [0, 0.1) is 0 Å². The number of benzene rings is 1. The molecule has 0 aromatic heterocycles. The van der Waals surface area contributed by atoms with Crippen LogP contribution in [0.5, 0.6) is 0 Å². The Labute approximate surface area is 110 Å². The minimum Gasteiger partial charge on any atom is -0.329 e. The van der Waals surface area contributed by atoms with Crippen molar-refractivity contribution in [3.05, 3.63) is 35.4 Å². The molecule has 1 aromatic carbocycles. The molecule has 2 N–H and O–H groups in total. The lowest BCUT2D eigenvalue weighted by Crippen LogP contribution is -2.55. The van der Waals surface area contributed by atoms with E-state index >= 15 is 0 Å². The van der Waals surface area contributed by atoms with Crippen LogP contribution < -0.4 is 5.73 Å². The normalized spacial score (nSPS) is 23.6. The first-order valence-corrected chi connectivity index (χ1v) is 7.36. The zero-order chi connectivity index (χ0) is 12.4. The van der Waals surface area contributed by atoms with Gasteiger partial charge in [0, 0.05) is 12.1 Å². The molecule has 1 saturated heterocycles. The van der Waals surface area contributed by atoms with Crippen LogP contribution in [0.3, 0.4) is 0 Å². The standard InChI is InChI=1S/C16H24N2/c17-13-16(18-9-5-1-2-6-10-18)11-14-7-3-4-8-15(14)12-16/h3-4,7-8H,1-2,5-6,9-13,17H2. The first kappa shape index (κ1) is 12.2. The summed E-state index contributed by atoms with van der Waals surface area (Å²) in [6.07, 6.45) is 7.78. The molecule has 1 heterocycles. The summed E-state index contributed by atoms with van der Waals surface area (Å²) in [7, 11) is 0. The number of nitrogens with two attached hydrogens (primary N) is 1. The Morgan fingerprint density at radius 2 is 1.50 bits per heavy atom. The maximum absolute atomic E-state index is 6.19. The average Bonchev–Trinajstić information content (AvgIpc) is 2.59. The highest BCUT2D eigenvalue weighted by atomic mass is 15.2. The molecule has 0 bridgehead atoms. The van der Waals surface area contributed by atoms with E-state index in [4.69, 9.17) is 5.73 Å². The first-order chi connectivity index (χ1) is 8.84. The Morgan fingerprint density at radius 3 is 2.00 bits per heavy atom. The molecule has 0 atom stereocenters. The van der Waals surface area contributed by atoms with Gasteiger partial charge >= 0.3 is 0 Å². The molecule has 18 heavy (non-hydrogen) atoms. The molecule has 1 aliphatic carbocycles. The fourth-order valence-electron chi connectivity index (χ4n) is 3.72. The zero-order valence-corrected chi connectivity index (χ0v) is 11.2. The molecule has 2 aliphatic rings. The highest BCUT2D eigenvalue weighted by molar-refractivity contribution is 5.36. The van der Waals surface area contributed by atoms with Gasteiger partial charge in [0.05, 0.1) is 0 Å². The second kappa shape index (κ2) is 5.02. The molecule has 0 spiro atoms. The molecule has 2 heteroatoms. The molecule has 1 aliphatic heterocycles. The Morgan fingerprint density at radius 1 is 0.944 bits per heavy atom. The highest BCUT2D eigenvalue weighted by Gasteiger charge is 2.40. The van der Waals surface area contributed by atoms with Gasteiger partial charge < -0.3 is 5.73 Å². The van der Waals surface area contributed by atoms with Gasteiger partial charge in [-0.15, -0.1) is 0 Å².